The maximum atomic E-state index is 5.82. The van der Waals surface area contributed by atoms with E-state index in [2.05, 4.69) is 46.6 Å². The molecule has 1 aliphatic rings. The fourth-order valence-corrected chi connectivity index (χ4v) is 2.87. The SMILES string of the molecule is CN=C(NCc1ncc(-c2ccc(C)cc2)o1)NCC1(C)CCCO1. The van der Waals surface area contributed by atoms with Crippen LogP contribution in [0.1, 0.15) is 31.2 Å². The standard InChI is InChI=1S/C19H26N4O2/c1-14-5-7-15(8-6-14)16-11-21-17(25-16)12-22-18(20-3)23-13-19(2)9-4-10-24-19/h5-8,11H,4,9-10,12-13H2,1-3H3,(H2,20,22,23). The van der Waals surface area contributed by atoms with Gasteiger partial charge in [0.2, 0.25) is 5.89 Å². The first kappa shape index (κ1) is 17.5. The van der Waals surface area contributed by atoms with Gasteiger partial charge in [0, 0.05) is 25.8 Å². The van der Waals surface area contributed by atoms with Crippen LogP contribution in [-0.2, 0) is 11.3 Å². The lowest BCUT2D eigenvalue weighted by Crippen LogP contribution is -2.45. The van der Waals surface area contributed by atoms with Crippen molar-refractivity contribution in [1.29, 1.82) is 0 Å². The molecule has 0 bridgehead atoms. The van der Waals surface area contributed by atoms with Gasteiger partial charge in [-0.05, 0) is 26.7 Å². The Bertz CT molecular complexity index is 715. The number of aryl methyl sites for hydroxylation is 1. The molecule has 1 aromatic carbocycles. The van der Waals surface area contributed by atoms with Crippen LogP contribution in [0.5, 0.6) is 0 Å². The van der Waals surface area contributed by atoms with Crippen molar-refractivity contribution in [2.24, 2.45) is 4.99 Å². The quantitative estimate of drug-likeness (QED) is 0.646. The van der Waals surface area contributed by atoms with Gasteiger partial charge in [-0.3, -0.25) is 4.99 Å². The highest BCUT2D eigenvalue weighted by atomic mass is 16.5. The van der Waals surface area contributed by atoms with E-state index in [1.54, 1.807) is 13.2 Å². The van der Waals surface area contributed by atoms with Gasteiger partial charge in [0.15, 0.2) is 11.7 Å². The molecule has 1 unspecified atom stereocenters. The number of benzene rings is 1. The topological polar surface area (TPSA) is 71.7 Å². The molecule has 1 saturated heterocycles. The molecule has 1 fully saturated rings. The molecule has 0 radical (unpaired) electrons. The van der Waals surface area contributed by atoms with Gasteiger partial charge in [-0.1, -0.05) is 29.8 Å². The Morgan fingerprint density at radius 1 is 1.28 bits per heavy atom. The Kier molecular flexibility index (Phi) is 5.38. The average molecular weight is 342 g/mol. The third-order valence-corrected chi connectivity index (χ3v) is 4.45. The zero-order valence-corrected chi connectivity index (χ0v) is 15.1. The van der Waals surface area contributed by atoms with E-state index >= 15 is 0 Å². The van der Waals surface area contributed by atoms with E-state index in [0.29, 0.717) is 18.4 Å². The summed E-state index contributed by atoms with van der Waals surface area (Å²) in [5, 5.41) is 6.54. The summed E-state index contributed by atoms with van der Waals surface area (Å²) in [4.78, 5) is 8.58. The molecule has 6 heteroatoms. The minimum atomic E-state index is -0.112. The number of guanidine groups is 1. The van der Waals surface area contributed by atoms with Gasteiger partial charge in [-0.15, -0.1) is 0 Å². The number of aliphatic imine (C=N–C) groups is 1. The average Bonchev–Trinajstić information content (AvgIpc) is 3.25. The Morgan fingerprint density at radius 2 is 2.08 bits per heavy atom. The number of ether oxygens (including phenoxy) is 1. The molecule has 2 heterocycles. The van der Waals surface area contributed by atoms with E-state index in [4.69, 9.17) is 9.15 Å². The molecule has 1 aromatic heterocycles. The summed E-state index contributed by atoms with van der Waals surface area (Å²) in [6.07, 6.45) is 3.93. The van der Waals surface area contributed by atoms with Gasteiger partial charge >= 0.3 is 0 Å². The Hall–Kier alpha value is -2.34. The summed E-state index contributed by atoms with van der Waals surface area (Å²) in [6, 6.07) is 8.20. The molecule has 134 valence electrons. The van der Waals surface area contributed by atoms with Crippen molar-refractivity contribution in [2.45, 2.75) is 38.8 Å². The zero-order chi connectivity index (χ0) is 17.7. The van der Waals surface area contributed by atoms with Gasteiger partial charge in [0.05, 0.1) is 18.3 Å². The van der Waals surface area contributed by atoms with Crippen molar-refractivity contribution in [3.05, 3.63) is 41.9 Å². The van der Waals surface area contributed by atoms with Gasteiger partial charge in [0.25, 0.3) is 0 Å². The third kappa shape index (κ3) is 4.60. The first-order chi connectivity index (χ1) is 12.1. The van der Waals surface area contributed by atoms with Crippen LogP contribution in [0, 0.1) is 6.92 Å². The van der Waals surface area contributed by atoms with Crippen LogP contribution >= 0.6 is 0 Å². The van der Waals surface area contributed by atoms with Crippen LogP contribution < -0.4 is 10.6 Å². The summed E-state index contributed by atoms with van der Waals surface area (Å²) >= 11 is 0. The molecular formula is C19H26N4O2. The number of nitrogens with zero attached hydrogens (tertiary/aromatic N) is 2. The third-order valence-electron chi connectivity index (χ3n) is 4.45. The van der Waals surface area contributed by atoms with Gasteiger partial charge in [0.1, 0.15) is 0 Å². The number of aromatic nitrogens is 1. The number of hydrogen-bond acceptors (Lipinski definition) is 4. The zero-order valence-electron chi connectivity index (χ0n) is 15.1. The molecule has 1 aliphatic heterocycles. The minimum absolute atomic E-state index is 0.112. The second-order valence-corrected chi connectivity index (χ2v) is 6.67. The fraction of sp³-hybridized carbons (Fsp3) is 0.474. The van der Waals surface area contributed by atoms with Crippen molar-refractivity contribution >= 4 is 5.96 Å². The summed E-state index contributed by atoms with van der Waals surface area (Å²) in [5.41, 5.74) is 2.14. The van der Waals surface area contributed by atoms with E-state index in [-0.39, 0.29) is 5.60 Å². The number of hydrogen-bond donors (Lipinski definition) is 2. The normalized spacial score (nSPS) is 20.7. The molecule has 2 N–H and O–H groups in total. The lowest BCUT2D eigenvalue weighted by Gasteiger charge is -2.24. The van der Waals surface area contributed by atoms with E-state index < -0.39 is 0 Å². The van der Waals surface area contributed by atoms with Crippen LogP contribution in [0.15, 0.2) is 39.9 Å². The number of rotatable bonds is 5. The molecule has 2 aromatic rings. The molecule has 3 rings (SSSR count). The number of oxazole rings is 1. The Morgan fingerprint density at radius 3 is 2.76 bits per heavy atom. The summed E-state index contributed by atoms with van der Waals surface area (Å²) in [6.45, 7) is 6.23. The van der Waals surface area contributed by atoms with E-state index in [0.717, 1.165) is 37.3 Å². The second kappa shape index (κ2) is 7.70. The number of nitrogens with one attached hydrogen (secondary N) is 2. The van der Waals surface area contributed by atoms with Crippen molar-refractivity contribution < 1.29 is 9.15 Å². The van der Waals surface area contributed by atoms with Crippen molar-refractivity contribution in [3.63, 3.8) is 0 Å². The molecule has 6 nitrogen and oxygen atoms in total. The van der Waals surface area contributed by atoms with Crippen LogP contribution in [0.25, 0.3) is 11.3 Å². The smallest absolute Gasteiger partial charge is 0.214 e. The van der Waals surface area contributed by atoms with E-state index in [9.17, 15) is 0 Å². The molecule has 25 heavy (non-hydrogen) atoms. The monoisotopic (exact) mass is 342 g/mol. The maximum Gasteiger partial charge on any atom is 0.214 e. The van der Waals surface area contributed by atoms with Crippen molar-refractivity contribution in [1.82, 2.24) is 15.6 Å². The maximum absolute atomic E-state index is 5.82. The first-order valence-electron chi connectivity index (χ1n) is 8.68. The van der Waals surface area contributed by atoms with Crippen LogP contribution in [0.4, 0.5) is 0 Å². The molecule has 0 saturated carbocycles. The molecule has 0 amide bonds. The van der Waals surface area contributed by atoms with Gasteiger partial charge in [-0.25, -0.2) is 4.98 Å². The van der Waals surface area contributed by atoms with E-state index in [1.165, 1.54) is 5.56 Å². The van der Waals surface area contributed by atoms with Crippen LogP contribution in [0.3, 0.4) is 0 Å². The Labute approximate surface area is 148 Å². The summed E-state index contributed by atoms with van der Waals surface area (Å²) in [5.74, 6) is 2.11. The minimum Gasteiger partial charge on any atom is -0.439 e. The molecule has 1 atom stereocenters. The van der Waals surface area contributed by atoms with Crippen LogP contribution in [-0.4, -0.2) is 36.7 Å². The summed E-state index contributed by atoms with van der Waals surface area (Å²) in [7, 11) is 1.75. The first-order valence-corrected chi connectivity index (χ1v) is 8.68. The molecular weight excluding hydrogens is 316 g/mol. The lowest BCUT2D eigenvalue weighted by molar-refractivity contribution is 0.0243. The predicted molar refractivity (Wildman–Crippen MR) is 98.5 cm³/mol. The predicted octanol–water partition coefficient (Wildman–Crippen LogP) is 2.88. The molecule has 0 aliphatic carbocycles. The van der Waals surface area contributed by atoms with Gasteiger partial charge in [-0.2, -0.15) is 0 Å². The Balaban J connectivity index is 1.53. The van der Waals surface area contributed by atoms with Crippen molar-refractivity contribution in [3.8, 4) is 11.3 Å². The van der Waals surface area contributed by atoms with E-state index in [1.807, 2.05) is 12.1 Å². The molecule has 0 spiro atoms. The van der Waals surface area contributed by atoms with Crippen molar-refractivity contribution in [2.75, 3.05) is 20.2 Å². The largest absolute Gasteiger partial charge is 0.439 e. The van der Waals surface area contributed by atoms with Gasteiger partial charge < -0.3 is 19.8 Å². The fourth-order valence-electron chi connectivity index (χ4n) is 2.87. The highest BCUT2D eigenvalue weighted by molar-refractivity contribution is 5.79. The summed E-state index contributed by atoms with van der Waals surface area (Å²) < 4.78 is 11.6. The lowest BCUT2D eigenvalue weighted by atomic mass is 10.0. The highest BCUT2D eigenvalue weighted by Crippen LogP contribution is 2.24. The second-order valence-electron chi connectivity index (χ2n) is 6.67. The van der Waals surface area contributed by atoms with Crippen LogP contribution in [0.2, 0.25) is 0 Å². The highest BCUT2D eigenvalue weighted by Gasteiger charge is 2.29.